The van der Waals surface area contributed by atoms with Gasteiger partial charge in [0.15, 0.2) is 0 Å². The SMILES string of the molecule is CCCCCCCc1c(C)cc(-c2ccc(C=O)cc2)cc1C. The van der Waals surface area contributed by atoms with Gasteiger partial charge < -0.3 is 0 Å². The van der Waals surface area contributed by atoms with Crippen LogP contribution in [0, 0.1) is 13.8 Å². The molecular weight excluding hydrogens is 280 g/mol. The van der Waals surface area contributed by atoms with Crippen LogP contribution in [0.4, 0.5) is 0 Å². The molecule has 0 N–H and O–H groups in total. The largest absolute Gasteiger partial charge is 0.298 e. The van der Waals surface area contributed by atoms with Crippen molar-refractivity contribution in [3.05, 3.63) is 58.7 Å². The van der Waals surface area contributed by atoms with Gasteiger partial charge in [0.05, 0.1) is 0 Å². The molecule has 0 amide bonds. The van der Waals surface area contributed by atoms with E-state index in [0.29, 0.717) is 0 Å². The first kappa shape index (κ1) is 17.5. The quantitative estimate of drug-likeness (QED) is 0.413. The maximum Gasteiger partial charge on any atom is 0.150 e. The van der Waals surface area contributed by atoms with Gasteiger partial charge in [0, 0.05) is 5.56 Å². The summed E-state index contributed by atoms with van der Waals surface area (Å²) in [4.78, 5) is 10.8. The third-order valence-corrected chi connectivity index (χ3v) is 4.61. The molecule has 0 aromatic heterocycles. The van der Waals surface area contributed by atoms with Crippen LogP contribution in [0.25, 0.3) is 11.1 Å². The molecule has 0 fully saturated rings. The number of aldehydes is 1. The fraction of sp³-hybridized carbons (Fsp3) is 0.409. The predicted molar refractivity (Wildman–Crippen MR) is 99.2 cm³/mol. The lowest BCUT2D eigenvalue weighted by Gasteiger charge is -2.13. The van der Waals surface area contributed by atoms with Crippen LogP contribution in [-0.4, -0.2) is 6.29 Å². The number of benzene rings is 2. The first-order valence-electron chi connectivity index (χ1n) is 8.81. The summed E-state index contributed by atoms with van der Waals surface area (Å²) in [6.45, 7) is 6.70. The molecule has 122 valence electrons. The molecule has 2 aromatic carbocycles. The lowest BCUT2D eigenvalue weighted by atomic mass is 9.92. The molecular formula is C22H28O. The van der Waals surface area contributed by atoms with Crippen LogP contribution >= 0.6 is 0 Å². The van der Waals surface area contributed by atoms with Gasteiger partial charge in [0.2, 0.25) is 0 Å². The zero-order valence-corrected chi connectivity index (χ0v) is 14.7. The Bertz CT molecular complexity index is 615. The minimum Gasteiger partial charge on any atom is -0.298 e. The molecule has 0 spiro atoms. The standard InChI is InChI=1S/C22H28O/c1-4-5-6-7-8-9-22-17(2)14-21(15-18(22)3)20-12-10-19(16-23)11-13-20/h10-16H,4-9H2,1-3H3. The van der Waals surface area contributed by atoms with Crippen LogP contribution in [-0.2, 0) is 6.42 Å². The summed E-state index contributed by atoms with van der Waals surface area (Å²) < 4.78 is 0. The Balaban J connectivity index is 2.11. The highest BCUT2D eigenvalue weighted by Crippen LogP contribution is 2.26. The summed E-state index contributed by atoms with van der Waals surface area (Å²) in [6.07, 6.45) is 8.71. The summed E-state index contributed by atoms with van der Waals surface area (Å²) in [7, 11) is 0. The van der Waals surface area contributed by atoms with E-state index in [4.69, 9.17) is 0 Å². The van der Waals surface area contributed by atoms with Crippen molar-refractivity contribution in [2.75, 3.05) is 0 Å². The molecule has 1 nitrogen and oxygen atoms in total. The molecule has 0 aliphatic rings. The van der Waals surface area contributed by atoms with Crippen LogP contribution in [0.3, 0.4) is 0 Å². The van der Waals surface area contributed by atoms with Crippen molar-refractivity contribution in [1.29, 1.82) is 0 Å². The lowest BCUT2D eigenvalue weighted by molar-refractivity contribution is 0.112. The second-order valence-electron chi connectivity index (χ2n) is 6.49. The van der Waals surface area contributed by atoms with Crippen molar-refractivity contribution in [3.63, 3.8) is 0 Å². The van der Waals surface area contributed by atoms with Crippen molar-refractivity contribution < 1.29 is 4.79 Å². The monoisotopic (exact) mass is 308 g/mol. The fourth-order valence-electron chi connectivity index (χ4n) is 3.21. The number of rotatable bonds is 8. The Labute approximate surface area is 140 Å². The minimum absolute atomic E-state index is 0.728. The third-order valence-electron chi connectivity index (χ3n) is 4.61. The average Bonchev–Trinajstić information content (AvgIpc) is 2.56. The highest BCUT2D eigenvalue weighted by molar-refractivity contribution is 5.77. The van der Waals surface area contributed by atoms with Gasteiger partial charge in [-0.3, -0.25) is 4.79 Å². The minimum atomic E-state index is 0.728. The molecule has 0 saturated heterocycles. The Morgan fingerprint density at radius 1 is 0.826 bits per heavy atom. The van der Waals surface area contributed by atoms with E-state index in [1.54, 1.807) is 0 Å². The van der Waals surface area contributed by atoms with Crippen molar-refractivity contribution in [2.45, 2.75) is 59.3 Å². The molecule has 0 bridgehead atoms. The van der Waals surface area contributed by atoms with Gasteiger partial charge in [0.25, 0.3) is 0 Å². The molecule has 0 radical (unpaired) electrons. The normalized spacial score (nSPS) is 10.7. The first-order valence-corrected chi connectivity index (χ1v) is 8.81. The van der Waals surface area contributed by atoms with Crippen molar-refractivity contribution in [3.8, 4) is 11.1 Å². The maximum absolute atomic E-state index is 10.8. The summed E-state index contributed by atoms with van der Waals surface area (Å²) in [5.41, 5.74) is 7.43. The number of aryl methyl sites for hydroxylation is 2. The molecule has 0 heterocycles. The van der Waals surface area contributed by atoms with Crippen LogP contribution in [0.5, 0.6) is 0 Å². The van der Waals surface area contributed by atoms with E-state index in [1.807, 2.05) is 24.3 Å². The molecule has 1 heteroatoms. The predicted octanol–water partition coefficient (Wildman–Crippen LogP) is 6.30. The summed E-state index contributed by atoms with van der Waals surface area (Å²) in [6, 6.07) is 12.4. The summed E-state index contributed by atoms with van der Waals surface area (Å²) in [5.74, 6) is 0. The van der Waals surface area contributed by atoms with Crippen LogP contribution in [0.15, 0.2) is 36.4 Å². The van der Waals surface area contributed by atoms with E-state index in [2.05, 4.69) is 32.9 Å². The van der Waals surface area contributed by atoms with E-state index in [1.165, 1.54) is 66.3 Å². The van der Waals surface area contributed by atoms with E-state index < -0.39 is 0 Å². The van der Waals surface area contributed by atoms with Crippen LogP contribution < -0.4 is 0 Å². The van der Waals surface area contributed by atoms with Crippen molar-refractivity contribution >= 4 is 6.29 Å². The molecule has 23 heavy (non-hydrogen) atoms. The topological polar surface area (TPSA) is 17.1 Å². The van der Waals surface area contributed by atoms with Gasteiger partial charge in [0.1, 0.15) is 6.29 Å². The molecule has 0 aliphatic heterocycles. The van der Waals surface area contributed by atoms with Crippen LogP contribution in [0.2, 0.25) is 0 Å². The number of carbonyl (C=O) groups is 1. The first-order chi connectivity index (χ1) is 11.2. The summed E-state index contributed by atoms with van der Waals surface area (Å²) >= 11 is 0. The molecule has 0 aliphatic carbocycles. The number of carbonyl (C=O) groups excluding carboxylic acids is 1. The second kappa shape index (κ2) is 8.67. The van der Waals surface area contributed by atoms with Gasteiger partial charge in [-0.15, -0.1) is 0 Å². The second-order valence-corrected chi connectivity index (χ2v) is 6.49. The molecule has 0 saturated carbocycles. The van der Waals surface area contributed by atoms with Crippen molar-refractivity contribution in [2.24, 2.45) is 0 Å². The molecule has 0 unspecified atom stereocenters. The van der Waals surface area contributed by atoms with E-state index in [9.17, 15) is 4.79 Å². The fourth-order valence-corrected chi connectivity index (χ4v) is 3.21. The lowest BCUT2D eigenvalue weighted by Crippen LogP contribution is -1.96. The van der Waals surface area contributed by atoms with Gasteiger partial charge >= 0.3 is 0 Å². The number of hydrogen-bond acceptors (Lipinski definition) is 1. The Morgan fingerprint density at radius 2 is 1.43 bits per heavy atom. The van der Waals surface area contributed by atoms with E-state index >= 15 is 0 Å². The van der Waals surface area contributed by atoms with Gasteiger partial charge in [-0.1, -0.05) is 69.0 Å². The maximum atomic E-state index is 10.8. The smallest absolute Gasteiger partial charge is 0.150 e. The molecule has 2 aromatic rings. The summed E-state index contributed by atoms with van der Waals surface area (Å²) in [5, 5.41) is 0. The zero-order valence-electron chi connectivity index (χ0n) is 14.7. The molecule has 2 rings (SSSR count). The highest BCUT2D eigenvalue weighted by Gasteiger charge is 2.07. The Morgan fingerprint density at radius 3 is 2.00 bits per heavy atom. The Hall–Kier alpha value is -1.89. The van der Waals surface area contributed by atoms with Crippen LogP contribution in [0.1, 0.15) is 66.1 Å². The van der Waals surface area contributed by atoms with E-state index in [0.717, 1.165) is 11.8 Å². The number of hydrogen-bond donors (Lipinski definition) is 0. The van der Waals surface area contributed by atoms with E-state index in [-0.39, 0.29) is 0 Å². The average molecular weight is 308 g/mol. The van der Waals surface area contributed by atoms with Crippen molar-refractivity contribution in [1.82, 2.24) is 0 Å². The number of unbranched alkanes of at least 4 members (excludes halogenated alkanes) is 4. The molecule has 0 atom stereocenters. The third kappa shape index (κ3) is 4.79. The zero-order chi connectivity index (χ0) is 16.7. The van der Waals surface area contributed by atoms with Gasteiger partial charge in [-0.25, -0.2) is 0 Å². The van der Waals surface area contributed by atoms with Gasteiger partial charge in [-0.2, -0.15) is 0 Å². The Kier molecular flexibility index (Phi) is 6.58. The van der Waals surface area contributed by atoms with Gasteiger partial charge in [-0.05, 0) is 54.5 Å². The highest BCUT2D eigenvalue weighted by atomic mass is 16.1.